The number of rotatable bonds is 6. The molecule has 2 aliphatic rings. The number of nitrogens with zero attached hydrogens (tertiary/aromatic N) is 2. The number of thioether (sulfide) groups is 1. The molecule has 0 amide bonds. The molecule has 1 saturated heterocycles. The van der Waals surface area contributed by atoms with Crippen molar-refractivity contribution in [3.05, 3.63) is 28.8 Å². The highest BCUT2D eigenvalue weighted by molar-refractivity contribution is 7.98. The molecule has 1 fully saturated rings. The van der Waals surface area contributed by atoms with Crippen LogP contribution in [0.25, 0.3) is 10.9 Å². The van der Waals surface area contributed by atoms with Gasteiger partial charge in [0.1, 0.15) is 0 Å². The van der Waals surface area contributed by atoms with Crippen molar-refractivity contribution in [1.29, 1.82) is 0 Å². The molecule has 164 valence electrons. The number of benzene rings is 1. The number of H-pyrrole nitrogens is 1. The van der Waals surface area contributed by atoms with E-state index in [0.717, 1.165) is 44.1 Å². The highest BCUT2D eigenvalue weighted by Crippen LogP contribution is 2.46. The molecule has 30 heavy (non-hydrogen) atoms. The normalized spacial score (nSPS) is 23.4. The van der Waals surface area contributed by atoms with Crippen LogP contribution in [-0.4, -0.2) is 64.4 Å². The standard InChI is InChI=1S/C24H36N4S2/c1-6-9-28-14-16(25-24(29)27(7-2)8-3)12-17-18-10-15(4)11-20-22(18)19(13-21(17)28)23(26-20)30-5/h10-11,16-17,21,26H,6-9,12-14H2,1-5H3,(H,25,29)/t16-,17+,21+/m0/s1. The Morgan fingerprint density at radius 1 is 1.30 bits per heavy atom. The summed E-state index contributed by atoms with van der Waals surface area (Å²) in [5, 5.41) is 7.50. The first-order valence-corrected chi connectivity index (χ1v) is 13.1. The van der Waals surface area contributed by atoms with Crippen LogP contribution in [0.15, 0.2) is 17.2 Å². The highest BCUT2D eigenvalue weighted by atomic mass is 32.2. The Morgan fingerprint density at radius 3 is 2.73 bits per heavy atom. The van der Waals surface area contributed by atoms with Crippen LogP contribution in [0, 0.1) is 6.92 Å². The maximum Gasteiger partial charge on any atom is 0.169 e. The number of hydrogen-bond donors (Lipinski definition) is 2. The smallest absolute Gasteiger partial charge is 0.169 e. The monoisotopic (exact) mass is 444 g/mol. The molecule has 2 heterocycles. The fraction of sp³-hybridized carbons (Fsp3) is 0.625. The summed E-state index contributed by atoms with van der Waals surface area (Å²) in [6.45, 7) is 13.1. The fourth-order valence-corrected chi connectivity index (χ4v) is 6.74. The summed E-state index contributed by atoms with van der Waals surface area (Å²) in [7, 11) is 0. The molecule has 0 saturated carbocycles. The van der Waals surface area contributed by atoms with Gasteiger partial charge in [-0.05, 0) is 87.8 Å². The van der Waals surface area contributed by atoms with E-state index in [2.05, 4.69) is 66.2 Å². The lowest BCUT2D eigenvalue weighted by atomic mass is 9.73. The Kier molecular flexibility index (Phi) is 6.66. The Morgan fingerprint density at radius 2 is 2.07 bits per heavy atom. The number of fused-ring (bicyclic) bond motifs is 2. The van der Waals surface area contributed by atoms with Crippen LogP contribution in [0.4, 0.5) is 0 Å². The van der Waals surface area contributed by atoms with Crippen molar-refractivity contribution in [2.75, 3.05) is 32.4 Å². The molecule has 0 radical (unpaired) electrons. The molecule has 2 N–H and O–H groups in total. The van der Waals surface area contributed by atoms with Crippen molar-refractivity contribution in [2.24, 2.45) is 0 Å². The Bertz CT molecular complexity index is 918. The molecule has 1 aliphatic carbocycles. The van der Waals surface area contributed by atoms with Gasteiger partial charge in [0.15, 0.2) is 5.11 Å². The van der Waals surface area contributed by atoms with Crippen LogP contribution in [0.2, 0.25) is 0 Å². The second kappa shape index (κ2) is 9.09. The summed E-state index contributed by atoms with van der Waals surface area (Å²) in [5.74, 6) is 0.558. The van der Waals surface area contributed by atoms with Crippen LogP contribution in [0.1, 0.15) is 56.2 Å². The van der Waals surface area contributed by atoms with Gasteiger partial charge in [-0.15, -0.1) is 11.8 Å². The average Bonchev–Trinajstić information content (AvgIpc) is 3.07. The molecule has 6 heteroatoms. The number of aromatic nitrogens is 1. The average molecular weight is 445 g/mol. The van der Waals surface area contributed by atoms with Gasteiger partial charge in [-0.25, -0.2) is 0 Å². The van der Waals surface area contributed by atoms with Gasteiger partial charge in [0.05, 0.1) is 5.03 Å². The molecule has 0 unspecified atom stereocenters. The summed E-state index contributed by atoms with van der Waals surface area (Å²) in [5.41, 5.74) is 5.77. The van der Waals surface area contributed by atoms with Gasteiger partial charge in [-0.1, -0.05) is 13.0 Å². The van der Waals surface area contributed by atoms with Crippen LogP contribution in [0.3, 0.4) is 0 Å². The number of nitrogens with one attached hydrogen (secondary N) is 2. The minimum Gasteiger partial charge on any atom is -0.359 e. The largest absolute Gasteiger partial charge is 0.359 e. The number of hydrogen-bond acceptors (Lipinski definition) is 3. The second-order valence-corrected chi connectivity index (χ2v) is 10.0. The topological polar surface area (TPSA) is 34.3 Å². The van der Waals surface area contributed by atoms with Gasteiger partial charge in [-0.2, -0.15) is 0 Å². The highest BCUT2D eigenvalue weighted by Gasteiger charge is 2.41. The second-order valence-electron chi connectivity index (χ2n) is 8.84. The van der Waals surface area contributed by atoms with E-state index in [1.807, 2.05) is 11.8 Å². The van der Waals surface area contributed by atoms with Crippen LogP contribution in [0.5, 0.6) is 0 Å². The predicted molar refractivity (Wildman–Crippen MR) is 134 cm³/mol. The van der Waals surface area contributed by atoms with Gasteiger partial charge in [0.2, 0.25) is 0 Å². The Balaban J connectivity index is 1.71. The first-order valence-electron chi connectivity index (χ1n) is 11.5. The zero-order valence-corrected chi connectivity index (χ0v) is 20.7. The lowest BCUT2D eigenvalue weighted by Crippen LogP contribution is -2.57. The molecule has 3 atom stereocenters. The van der Waals surface area contributed by atoms with E-state index in [-0.39, 0.29) is 0 Å². The van der Waals surface area contributed by atoms with Gasteiger partial charge in [-0.3, -0.25) is 4.90 Å². The first kappa shape index (κ1) is 22.0. The maximum atomic E-state index is 5.76. The van der Waals surface area contributed by atoms with E-state index in [4.69, 9.17) is 12.2 Å². The minimum atomic E-state index is 0.405. The van der Waals surface area contributed by atoms with Crippen molar-refractivity contribution in [1.82, 2.24) is 20.1 Å². The van der Waals surface area contributed by atoms with Gasteiger partial charge < -0.3 is 15.2 Å². The quantitative estimate of drug-likeness (QED) is 0.489. The molecule has 1 aromatic heterocycles. The third-order valence-corrected chi connectivity index (χ3v) is 8.10. The third kappa shape index (κ3) is 3.87. The Hall–Kier alpha value is -1.24. The third-order valence-electron chi connectivity index (χ3n) is 6.97. The van der Waals surface area contributed by atoms with Gasteiger partial charge in [0.25, 0.3) is 0 Å². The van der Waals surface area contributed by atoms with Crippen molar-refractivity contribution in [2.45, 2.75) is 70.0 Å². The van der Waals surface area contributed by atoms with Crippen LogP contribution >= 0.6 is 24.0 Å². The molecule has 1 aromatic carbocycles. The van der Waals surface area contributed by atoms with E-state index < -0.39 is 0 Å². The van der Waals surface area contributed by atoms with E-state index in [1.165, 1.54) is 27.9 Å². The molecule has 1 aliphatic heterocycles. The number of aromatic amines is 1. The Labute approximate surface area is 191 Å². The summed E-state index contributed by atoms with van der Waals surface area (Å²) in [4.78, 5) is 8.72. The van der Waals surface area contributed by atoms with Crippen LogP contribution in [-0.2, 0) is 6.42 Å². The SMILES string of the molecule is CCCN1C[C@@H](NC(=S)N(CC)CC)C[C@@H]2c3cc(C)cc4[nH]c(SC)c(c34)C[C@H]21. The lowest BCUT2D eigenvalue weighted by Gasteiger charge is -2.48. The van der Waals surface area contributed by atoms with Gasteiger partial charge >= 0.3 is 0 Å². The van der Waals surface area contributed by atoms with E-state index in [0.29, 0.717) is 18.0 Å². The van der Waals surface area contributed by atoms with Crippen molar-refractivity contribution < 1.29 is 0 Å². The molecule has 2 aromatic rings. The summed E-state index contributed by atoms with van der Waals surface area (Å²) in [6, 6.07) is 5.77. The number of aryl methyl sites for hydroxylation is 1. The summed E-state index contributed by atoms with van der Waals surface area (Å²) < 4.78 is 0. The van der Waals surface area contributed by atoms with Crippen LogP contribution < -0.4 is 5.32 Å². The van der Waals surface area contributed by atoms with E-state index in [1.54, 1.807) is 11.1 Å². The lowest BCUT2D eigenvalue weighted by molar-refractivity contribution is 0.103. The molecule has 4 nitrogen and oxygen atoms in total. The summed E-state index contributed by atoms with van der Waals surface area (Å²) in [6.07, 6.45) is 5.70. The molecule has 0 spiro atoms. The molecule has 0 bridgehead atoms. The molecule has 4 rings (SSSR count). The number of piperidine rings is 1. The summed E-state index contributed by atoms with van der Waals surface area (Å²) >= 11 is 7.62. The number of likely N-dealkylation sites (tertiary alicyclic amines) is 1. The van der Waals surface area contributed by atoms with E-state index >= 15 is 0 Å². The zero-order valence-electron chi connectivity index (χ0n) is 19.0. The minimum absolute atomic E-state index is 0.405. The van der Waals surface area contributed by atoms with Crippen molar-refractivity contribution in [3.63, 3.8) is 0 Å². The number of thiocarbonyl (C=S) groups is 1. The van der Waals surface area contributed by atoms with Crippen molar-refractivity contribution >= 4 is 40.0 Å². The molecular weight excluding hydrogens is 408 g/mol. The van der Waals surface area contributed by atoms with Gasteiger partial charge in [0, 0.05) is 48.5 Å². The maximum absolute atomic E-state index is 5.76. The predicted octanol–water partition coefficient (Wildman–Crippen LogP) is 4.91. The first-order chi connectivity index (χ1) is 14.5. The van der Waals surface area contributed by atoms with Crippen molar-refractivity contribution in [3.8, 4) is 0 Å². The van der Waals surface area contributed by atoms with E-state index in [9.17, 15) is 0 Å². The fourth-order valence-electron chi connectivity index (χ4n) is 5.67. The molecular formula is C24H36N4S2. The zero-order chi connectivity index (χ0) is 21.4.